The third-order valence-corrected chi connectivity index (χ3v) is 3.20. The molecule has 1 aliphatic rings. The Morgan fingerprint density at radius 3 is 2.72 bits per heavy atom. The Balaban J connectivity index is 2.07. The lowest BCUT2D eigenvalue weighted by Gasteiger charge is -2.27. The third-order valence-electron chi connectivity index (χ3n) is 3.20. The number of rotatable bonds is 6. The molecule has 0 bridgehead atoms. The second-order valence-corrected chi connectivity index (χ2v) is 4.55. The smallest absolute Gasteiger partial charge is 0.303 e. The van der Waals surface area contributed by atoms with Crippen LogP contribution in [0.4, 0.5) is 0 Å². The molecule has 0 spiro atoms. The lowest BCUT2D eigenvalue weighted by molar-refractivity contribution is -0.136. The van der Waals surface area contributed by atoms with Gasteiger partial charge < -0.3 is 14.6 Å². The van der Waals surface area contributed by atoms with Crippen molar-refractivity contribution in [1.29, 1.82) is 0 Å². The molecule has 4 nitrogen and oxygen atoms in total. The molecule has 0 atom stereocenters. The molecule has 1 aromatic carbocycles. The highest BCUT2D eigenvalue weighted by atomic mass is 16.5. The Bertz CT molecular complexity index is 424. The SMILES string of the molecule is COc1ccc(CCC(=O)O)cc1OC1CCC1. The van der Waals surface area contributed by atoms with Gasteiger partial charge >= 0.3 is 5.97 Å². The minimum Gasteiger partial charge on any atom is -0.493 e. The topological polar surface area (TPSA) is 55.8 Å². The molecule has 0 saturated heterocycles. The van der Waals surface area contributed by atoms with E-state index in [1.807, 2.05) is 18.2 Å². The first-order chi connectivity index (χ1) is 8.69. The Labute approximate surface area is 107 Å². The molecule has 1 aromatic rings. The van der Waals surface area contributed by atoms with E-state index in [-0.39, 0.29) is 12.5 Å². The van der Waals surface area contributed by atoms with Crippen molar-refractivity contribution in [3.05, 3.63) is 23.8 Å². The van der Waals surface area contributed by atoms with Gasteiger partial charge in [-0.1, -0.05) is 6.07 Å². The van der Waals surface area contributed by atoms with Crippen molar-refractivity contribution in [2.75, 3.05) is 7.11 Å². The number of carbonyl (C=O) groups is 1. The van der Waals surface area contributed by atoms with E-state index in [1.54, 1.807) is 7.11 Å². The summed E-state index contributed by atoms with van der Waals surface area (Å²) in [6.45, 7) is 0. The van der Waals surface area contributed by atoms with Crippen molar-refractivity contribution in [2.24, 2.45) is 0 Å². The highest BCUT2D eigenvalue weighted by molar-refractivity contribution is 5.67. The van der Waals surface area contributed by atoms with Gasteiger partial charge in [0.15, 0.2) is 11.5 Å². The monoisotopic (exact) mass is 250 g/mol. The van der Waals surface area contributed by atoms with Gasteiger partial charge in [-0.15, -0.1) is 0 Å². The molecule has 0 aliphatic heterocycles. The highest BCUT2D eigenvalue weighted by Crippen LogP contribution is 2.33. The number of ether oxygens (including phenoxy) is 2. The van der Waals surface area contributed by atoms with Gasteiger partial charge in [0.1, 0.15) is 0 Å². The molecule has 0 aromatic heterocycles. The Hall–Kier alpha value is -1.71. The summed E-state index contributed by atoms with van der Waals surface area (Å²) in [5.74, 6) is 0.651. The number of methoxy groups -OCH3 is 1. The maximum Gasteiger partial charge on any atom is 0.303 e. The molecule has 1 saturated carbocycles. The van der Waals surface area contributed by atoms with Gasteiger partial charge in [-0.3, -0.25) is 4.79 Å². The van der Waals surface area contributed by atoms with Crippen molar-refractivity contribution >= 4 is 5.97 Å². The second kappa shape index (κ2) is 5.76. The molecular weight excluding hydrogens is 232 g/mol. The predicted molar refractivity (Wildman–Crippen MR) is 67.2 cm³/mol. The predicted octanol–water partition coefficient (Wildman–Crippen LogP) is 2.64. The molecule has 98 valence electrons. The van der Waals surface area contributed by atoms with Gasteiger partial charge in [-0.05, 0) is 43.4 Å². The molecule has 4 heteroatoms. The molecule has 1 N–H and O–H groups in total. The van der Waals surface area contributed by atoms with Crippen LogP contribution in [0.25, 0.3) is 0 Å². The van der Waals surface area contributed by atoms with Crippen LogP contribution in [-0.2, 0) is 11.2 Å². The molecular formula is C14H18O4. The molecule has 18 heavy (non-hydrogen) atoms. The van der Waals surface area contributed by atoms with Gasteiger partial charge in [0, 0.05) is 6.42 Å². The highest BCUT2D eigenvalue weighted by Gasteiger charge is 2.20. The Morgan fingerprint density at radius 1 is 1.39 bits per heavy atom. The van der Waals surface area contributed by atoms with Crippen LogP contribution >= 0.6 is 0 Å². The van der Waals surface area contributed by atoms with Crippen LogP contribution in [0.2, 0.25) is 0 Å². The van der Waals surface area contributed by atoms with Crippen molar-refractivity contribution in [3.63, 3.8) is 0 Å². The van der Waals surface area contributed by atoms with E-state index in [2.05, 4.69) is 0 Å². The average molecular weight is 250 g/mol. The number of carboxylic acid groups (broad SMARTS) is 1. The van der Waals surface area contributed by atoms with E-state index in [0.717, 1.165) is 24.2 Å². The number of benzene rings is 1. The van der Waals surface area contributed by atoms with Crippen LogP contribution in [0.3, 0.4) is 0 Å². The number of hydrogen-bond donors (Lipinski definition) is 1. The lowest BCUT2D eigenvalue weighted by atomic mass is 9.96. The zero-order chi connectivity index (χ0) is 13.0. The van der Waals surface area contributed by atoms with E-state index in [4.69, 9.17) is 14.6 Å². The minimum absolute atomic E-state index is 0.134. The van der Waals surface area contributed by atoms with Crippen molar-refractivity contribution in [2.45, 2.75) is 38.2 Å². The standard InChI is InChI=1S/C14H18O4/c1-17-12-7-5-10(6-8-14(15)16)9-13(12)18-11-3-2-4-11/h5,7,9,11H,2-4,6,8H2,1H3,(H,15,16). The minimum atomic E-state index is -0.785. The third kappa shape index (κ3) is 3.15. The largest absolute Gasteiger partial charge is 0.493 e. The molecule has 1 fully saturated rings. The lowest BCUT2D eigenvalue weighted by Crippen LogP contribution is -2.24. The molecule has 2 rings (SSSR count). The zero-order valence-electron chi connectivity index (χ0n) is 10.5. The quantitative estimate of drug-likeness (QED) is 0.843. The number of carboxylic acids is 1. The average Bonchev–Trinajstić information content (AvgIpc) is 2.31. The first kappa shape index (κ1) is 12.7. The molecule has 0 radical (unpaired) electrons. The summed E-state index contributed by atoms with van der Waals surface area (Å²) in [5, 5.41) is 8.68. The summed E-state index contributed by atoms with van der Waals surface area (Å²) in [5.41, 5.74) is 0.965. The van der Waals surface area contributed by atoms with Crippen molar-refractivity contribution in [3.8, 4) is 11.5 Å². The van der Waals surface area contributed by atoms with Crippen LogP contribution in [0.15, 0.2) is 18.2 Å². The van der Waals surface area contributed by atoms with E-state index in [1.165, 1.54) is 6.42 Å². The first-order valence-corrected chi connectivity index (χ1v) is 6.24. The fourth-order valence-electron chi connectivity index (χ4n) is 1.89. The van der Waals surface area contributed by atoms with Gasteiger partial charge in [0.25, 0.3) is 0 Å². The van der Waals surface area contributed by atoms with Crippen LogP contribution in [0.1, 0.15) is 31.2 Å². The molecule has 0 unspecified atom stereocenters. The van der Waals surface area contributed by atoms with E-state index < -0.39 is 5.97 Å². The van der Waals surface area contributed by atoms with Gasteiger partial charge in [-0.25, -0.2) is 0 Å². The van der Waals surface area contributed by atoms with Gasteiger partial charge in [0.2, 0.25) is 0 Å². The molecule has 0 amide bonds. The summed E-state index contributed by atoms with van der Waals surface area (Å²) in [6.07, 6.45) is 4.32. The van der Waals surface area contributed by atoms with Gasteiger partial charge in [0.05, 0.1) is 13.2 Å². The normalized spacial score (nSPS) is 14.9. The summed E-state index contributed by atoms with van der Waals surface area (Å²) in [6, 6.07) is 5.61. The van der Waals surface area contributed by atoms with E-state index in [0.29, 0.717) is 12.2 Å². The van der Waals surface area contributed by atoms with E-state index in [9.17, 15) is 4.79 Å². The van der Waals surface area contributed by atoms with E-state index >= 15 is 0 Å². The number of aliphatic carboxylic acids is 1. The van der Waals surface area contributed by atoms with Crippen molar-refractivity contribution < 1.29 is 19.4 Å². The summed E-state index contributed by atoms with van der Waals surface area (Å²) < 4.78 is 11.1. The summed E-state index contributed by atoms with van der Waals surface area (Å²) >= 11 is 0. The van der Waals surface area contributed by atoms with Crippen LogP contribution < -0.4 is 9.47 Å². The first-order valence-electron chi connectivity index (χ1n) is 6.24. The maximum atomic E-state index is 10.6. The zero-order valence-corrected chi connectivity index (χ0v) is 10.5. The fraction of sp³-hybridized carbons (Fsp3) is 0.500. The number of aryl methyl sites for hydroxylation is 1. The Morgan fingerprint density at radius 2 is 2.17 bits per heavy atom. The molecule has 0 heterocycles. The van der Waals surface area contributed by atoms with Crippen molar-refractivity contribution in [1.82, 2.24) is 0 Å². The summed E-state index contributed by atoms with van der Waals surface area (Å²) in [4.78, 5) is 10.6. The maximum absolute atomic E-state index is 10.6. The summed E-state index contributed by atoms with van der Waals surface area (Å²) in [7, 11) is 1.61. The van der Waals surface area contributed by atoms with Crippen LogP contribution in [0, 0.1) is 0 Å². The van der Waals surface area contributed by atoms with Gasteiger partial charge in [-0.2, -0.15) is 0 Å². The Kier molecular flexibility index (Phi) is 4.07. The molecule has 1 aliphatic carbocycles. The van der Waals surface area contributed by atoms with Crippen LogP contribution in [-0.4, -0.2) is 24.3 Å². The number of hydrogen-bond acceptors (Lipinski definition) is 3. The van der Waals surface area contributed by atoms with Crippen LogP contribution in [0.5, 0.6) is 11.5 Å². The second-order valence-electron chi connectivity index (χ2n) is 4.55. The fourth-order valence-corrected chi connectivity index (χ4v) is 1.89.